The van der Waals surface area contributed by atoms with Crippen LogP contribution in [-0.2, 0) is 0 Å². The molecule has 0 radical (unpaired) electrons. The quantitative estimate of drug-likeness (QED) is 0.308. The van der Waals surface area contributed by atoms with Crippen LogP contribution in [0.4, 0.5) is 0 Å². The van der Waals surface area contributed by atoms with Crippen molar-refractivity contribution in [2.24, 2.45) is 23.7 Å². The lowest BCUT2D eigenvalue weighted by Crippen LogP contribution is -2.22. The molecule has 0 aromatic heterocycles. The van der Waals surface area contributed by atoms with Crippen molar-refractivity contribution in [3.05, 3.63) is 36.5 Å². The summed E-state index contributed by atoms with van der Waals surface area (Å²) in [5, 5.41) is 8.49. The molecule has 0 aliphatic heterocycles. The second kappa shape index (κ2) is 9.76. The molecule has 126 valence electrons. The van der Waals surface area contributed by atoms with Gasteiger partial charge < -0.3 is 0 Å². The minimum Gasteiger partial charge on any atom is -0.193 e. The average Bonchev–Trinajstić information content (AvgIpc) is 2.60. The summed E-state index contributed by atoms with van der Waals surface area (Å²) >= 11 is 0. The molecule has 2 fully saturated rings. The number of allylic oxidation sites excluding steroid dienone is 5. The molecule has 1 nitrogen and oxygen atoms in total. The van der Waals surface area contributed by atoms with Crippen molar-refractivity contribution in [3.63, 3.8) is 0 Å². The molecule has 0 atom stereocenters. The highest BCUT2D eigenvalue weighted by atomic mass is 14.3. The predicted octanol–water partition coefficient (Wildman–Crippen LogP) is 6.59. The first kappa shape index (κ1) is 18.1. The Kier molecular flexibility index (Phi) is 7.66. The monoisotopic (exact) mass is 311 g/mol. The summed E-state index contributed by atoms with van der Waals surface area (Å²) < 4.78 is 0. The van der Waals surface area contributed by atoms with Crippen LogP contribution in [0.3, 0.4) is 0 Å². The van der Waals surface area contributed by atoms with Gasteiger partial charge in [-0.3, -0.25) is 0 Å². The van der Waals surface area contributed by atoms with Crippen LogP contribution in [0.25, 0.3) is 0 Å². The standard InChI is InChI=1S/C22H33N/c1-3-7-19-9-13-21(14-10-19)18(2)22-15-11-20(12-16-22)8-5-4-6-17-23/h4-6,8,19-22H,2-3,7,9-16H2,1H3. The minimum absolute atomic E-state index is 0.697. The van der Waals surface area contributed by atoms with Crippen LogP contribution >= 0.6 is 0 Å². The fraction of sp³-hybridized carbons (Fsp3) is 0.682. The van der Waals surface area contributed by atoms with Gasteiger partial charge in [-0.05, 0) is 75.0 Å². The third-order valence-corrected chi connectivity index (χ3v) is 6.03. The zero-order valence-electron chi connectivity index (χ0n) is 14.8. The Morgan fingerprint density at radius 3 is 2.17 bits per heavy atom. The van der Waals surface area contributed by atoms with Crippen LogP contribution in [0, 0.1) is 35.0 Å². The third kappa shape index (κ3) is 5.69. The highest BCUT2D eigenvalue weighted by Crippen LogP contribution is 2.42. The maximum atomic E-state index is 8.49. The Morgan fingerprint density at radius 2 is 1.61 bits per heavy atom. The Hall–Kier alpha value is -1.29. The van der Waals surface area contributed by atoms with Gasteiger partial charge in [-0.25, -0.2) is 0 Å². The Balaban J connectivity index is 1.73. The van der Waals surface area contributed by atoms with Crippen molar-refractivity contribution in [2.45, 2.75) is 71.1 Å². The molecule has 0 N–H and O–H groups in total. The van der Waals surface area contributed by atoms with Crippen LogP contribution in [0.5, 0.6) is 0 Å². The summed E-state index contributed by atoms with van der Waals surface area (Å²) in [6.45, 7) is 6.83. The molecule has 0 heterocycles. The van der Waals surface area contributed by atoms with Crippen molar-refractivity contribution < 1.29 is 0 Å². The predicted molar refractivity (Wildman–Crippen MR) is 98.8 cm³/mol. The van der Waals surface area contributed by atoms with Crippen molar-refractivity contribution >= 4 is 0 Å². The van der Waals surface area contributed by atoms with E-state index in [4.69, 9.17) is 5.26 Å². The molecule has 2 aliphatic rings. The number of rotatable bonds is 6. The van der Waals surface area contributed by atoms with Gasteiger partial charge in [-0.15, -0.1) is 0 Å². The molecule has 2 saturated carbocycles. The molecule has 0 spiro atoms. The van der Waals surface area contributed by atoms with Gasteiger partial charge >= 0.3 is 0 Å². The van der Waals surface area contributed by atoms with Gasteiger partial charge in [0.15, 0.2) is 0 Å². The summed E-state index contributed by atoms with van der Waals surface area (Å²) in [6, 6.07) is 2.03. The topological polar surface area (TPSA) is 23.8 Å². The maximum absolute atomic E-state index is 8.49. The largest absolute Gasteiger partial charge is 0.193 e. The maximum Gasteiger partial charge on any atom is 0.0912 e. The molecule has 0 bridgehead atoms. The van der Waals surface area contributed by atoms with Gasteiger partial charge in [0.2, 0.25) is 0 Å². The molecule has 0 unspecified atom stereocenters. The van der Waals surface area contributed by atoms with E-state index in [2.05, 4.69) is 19.6 Å². The van der Waals surface area contributed by atoms with E-state index < -0.39 is 0 Å². The normalized spacial score (nSPS) is 32.2. The van der Waals surface area contributed by atoms with Crippen molar-refractivity contribution in [1.82, 2.24) is 0 Å². The van der Waals surface area contributed by atoms with Crippen molar-refractivity contribution in [1.29, 1.82) is 5.26 Å². The molecule has 0 saturated heterocycles. The Bertz CT molecular complexity index is 449. The van der Waals surface area contributed by atoms with Crippen LogP contribution < -0.4 is 0 Å². The van der Waals surface area contributed by atoms with E-state index in [-0.39, 0.29) is 0 Å². The third-order valence-electron chi connectivity index (χ3n) is 6.03. The lowest BCUT2D eigenvalue weighted by molar-refractivity contribution is 0.255. The summed E-state index contributed by atoms with van der Waals surface area (Å²) in [5.41, 5.74) is 1.58. The fourth-order valence-electron chi connectivity index (χ4n) is 4.57. The minimum atomic E-state index is 0.697. The first-order valence-electron chi connectivity index (χ1n) is 9.66. The van der Waals surface area contributed by atoms with E-state index in [1.165, 1.54) is 64.2 Å². The van der Waals surface area contributed by atoms with Crippen LogP contribution in [0.15, 0.2) is 36.5 Å². The SMILES string of the molecule is C=C(C1CCC(C=CC=CC#N)CC1)C1CCC(CCC)CC1. The van der Waals surface area contributed by atoms with E-state index in [0.717, 1.165) is 17.8 Å². The van der Waals surface area contributed by atoms with Crippen molar-refractivity contribution in [3.8, 4) is 6.07 Å². The van der Waals surface area contributed by atoms with Gasteiger partial charge in [0.1, 0.15) is 0 Å². The smallest absolute Gasteiger partial charge is 0.0912 e. The number of nitriles is 1. The Labute approximate surface area is 143 Å². The first-order valence-corrected chi connectivity index (χ1v) is 9.66. The summed E-state index contributed by atoms with van der Waals surface area (Å²) in [7, 11) is 0. The molecular formula is C22H33N. The van der Waals surface area contributed by atoms with Crippen LogP contribution in [0.1, 0.15) is 71.1 Å². The molecule has 23 heavy (non-hydrogen) atoms. The van der Waals surface area contributed by atoms with Crippen LogP contribution in [-0.4, -0.2) is 0 Å². The zero-order valence-corrected chi connectivity index (χ0v) is 14.8. The number of hydrogen-bond donors (Lipinski definition) is 0. The van der Waals surface area contributed by atoms with Gasteiger partial charge in [0, 0.05) is 6.08 Å². The zero-order chi connectivity index (χ0) is 16.5. The molecule has 2 aliphatic carbocycles. The van der Waals surface area contributed by atoms with E-state index in [0.29, 0.717) is 5.92 Å². The molecule has 1 heteroatoms. The first-order chi connectivity index (χ1) is 11.2. The second-order valence-electron chi connectivity index (χ2n) is 7.57. The van der Waals surface area contributed by atoms with E-state index in [1.807, 2.05) is 18.2 Å². The van der Waals surface area contributed by atoms with E-state index >= 15 is 0 Å². The van der Waals surface area contributed by atoms with Gasteiger partial charge in [0.25, 0.3) is 0 Å². The Morgan fingerprint density at radius 1 is 1.00 bits per heavy atom. The molecule has 0 aromatic rings. The van der Waals surface area contributed by atoms with Gasteiger partial charge in [0.05, 0.1) is 6.07 Å². The highest BCUT2D eigenvalue weighted by molar-refractivity contribution is 5.13. The lowest BCUT2D eigenvalue weighted by Gasteiger charge is -2.35. The summed E-state index contributed by atoms with van der Waals surface area (Å²) in [6.07, 6.45) is 21.3. The van der Waals surface area contributed by atoms with E-state index in [9.17, 15) is 0 Å². The number of nitrogens with zero attached hydrogens (tertiary/aromatic N) is 1. The van der Waals surface area contributed by atoms with Crippen molar-refractivity contribution in [2.75, 3.05) is 0 Å². The molecule has 2 rings (SSSR count). The fourth-order valence-corrected chi connectivity index (χ4v) is 4.57. The molecular weight excluding hydrogens is 278 g/mol. The van der Waals surface area contributed by atoms with Gasteiger partial charge in [-0.1, -0.05) is 50.1 Å². The highest BCUT2D eigenvalue weighted by Gasteiger charge is 2.28. The van der Waals surface area contributed by atoms with Crippen LogP contribution in [0.2, 0.25) is 0 Å². The summed E-state index contributed by atoms with van der Waals surface area (Å²) in [5.74, 6) is 3.26. The second-order valence-corrected chi connectivity index (χ2v) is 7.57. The van der Waals surface area contributed by atoms with Gasteiger partial charge in [-0.2, -0.15) is 5.26 Å². The molecule has 0 amide bonds. The average molecular weight is 312 g/mol. The molecule has 0 aromatic carbocycles. The summed E-state index contributed by atoms with van der Waals surface area (Å²) in [4.78, 5) is 0. The number of hydrogen-bond acceptors (Lipinski definition) is 1. The van der Waals surface area contributed by atoms with E-state index in [1.54, 1.807) is 11.6 Å². The lowest BCUT2D eigenvalue weighted by atomic mass is 9.70.